The predicted octanol–water partition coefficient (Wildman–Crippen LogP) is 14.2. The number of alkyl halides is 17. The number of hydrogen-bond donors (Lipinski definition) is 3. The molecule has 398 valence electrons. The first kappa shape index (κ1) is 61.4. The summed E-state index contributed by atoms with van der Waals surface area (Å²) in [6.07, 6.45) is -7.66. The number of carbonyl (C=O) groups is 2. The summed E-state index contributed by atoms with van der Waals surface area (Å²) in [4.78, 5) is 24.3. The molecule has 2 aromatic rings. The SMILES string of the molecule is CC(/C=C/CC[C@@H](C)[C@H](OC(=O)Nc1ccc(F)cc1F)c1ccc(OCCO[Si](CCC(F)(F)C(F)(F)C(F)(F)C(F)(F)C(F)(F)C(F)(F)C(F)(F)C(F)(F)F)(C(C)C)C(C)C)cc1)=C\C(=O)NO. The zero-order valence-electron chi connectivity index (χ0n) is 37.5. The molecule has 0 bridgehead atoms. The van der Waals surface area contributed by atoms with Crippen LogP contribution in [0.3, 0.4) is 0 Å². The van der Waals surface area contributed by atoms with Gasteiger partial charge >= 0.3 is 53.7 Å². The van der Waals surface area contributed by atoms with Gasteiger partial charge in [-0.1, -0.05) is 58.9 Å². The third-order valence-electron chi connectivity index (χ3n) is 11.1. The van der Waals surface area contributed by atoms with E-state index in [1.807, 2.05) is 0 Å². The lowest BCUT2D eigenvalue weighted by atomic mass is 9.88. The number of anilines is 1. The van der Waals surface area contributed by atoms with E-state index in [9.17, 15) is 84.2 Å². The topological polar surface area (TPSA) is 106 Å². The highest BCUT2D eigenvalue weighted by Gasteiger charge is 2.95. The number of halogens is 19. The average Bonchev–Trinajstić information content (AvgIpc) is 3.24. The Kier molecular flexibility index (Phi) is 20.0. The first-order valence-electron chi connectivity index (χ1n) is 20.5. The molecule has 0 saturated heterocycles. The van der Waals surface area contributed by atoms with Crippen molar-refractivity contribution < 1.29 is 112 Å². The normalized spacial score (nSPS) is 15.1. The third-order valence-corrected chi connectivity index (χ3v) is 16.7. The van der Waals surface area contributed by atoms with E-state index >= 15 is 8.78 Å². The molecule has 0 unspecified atom stereocenters. The van der Waals surface area contributed by atoms with Gasteiger partial charge in [0.2, 0.25) is 0 Å². The monoisotopic (exact) mass is 1060 g/mol. The van der Waals surface area contributed by atoms with Gasteiger partial charge in [0.05, 0.1) is 12.3 Å². The van der Waals surface area contributed by atoms with Crippen molar-refractivity contribution in [1.29, 1.82) is 0 Å². The minimum Gasteiger partial charge on any atom is -0.491 e. The smallest absolute Gasteiger partial charge is 0.460 e. The molecule has 2 rings (SSSR count). The van der Waals surface area contributed by atoms with Gasteiger partial charge in [-0.15, -0.1) is 0 Å². The fraction of sp³-hybridized carbons (Fsp3) is 0.571. The van der Waals surface area contributed by atoms with Crippen molar-refractivity contribution >= 4 is 26.0 Å². The van der Waals surface area contributed by atoms with Crippen molar-refractivity contribution in [3.05, 3.63) is 83.5 Å². The maximum absolute atomic E-state index is 15.0. The van der Waals surface area contributed by atoms with Crippen molar-refractivity contribution in [2.24, 2.45) is 5.92 Å². The molecule has 8 nitrogen and oxygen atoms in total. The van der Waals surface area contributed by atoms with Crippen LogP contribution in [0.4, 0.5) is 93.9 Å². The number of nitrogens with one attached hydrogen (secondary N) is 2. The van der Waals surface area contributed by atoms with E-state index in [0.29, 0.717) is 30.0 Å². The Labute approximate surface area is 388 Å². The number of hydroxylamine groups is 1. The van der Waals surface area contributed by atoms with Gasteiger partial charge in [0, 0.05) is 18.6 Å². The Balaban J connectivity index is 2.31. The summed E-state index contributed by atoms with van der Waals surface area (Å²) in [6.45, 7) is 7.35. The minimum absolute atomic E-state index is 0.0553. The van der Waals surface area contributed by atoms with Crippen LogP contribution in [-0.2, 0) is 14.0 Å². The van der Waals surface area contributed by atoms with E-state index in [0.717, 1.165) is 18.2 Å². The van der Waals surface area contributed by atoms with Crippen molar-refractivity contribution in [1.82, 2.24) is 5.48 Å². The summed E-state index contributed by atoms with van der Waals surface area (Å²) in [6, 6.07) is 6.48. The van der Waals surface area contributed by atoms with Crippen LogP contribution < -0.4 is 15.5 Å². The molecule has 0 aromatic heterocycles. The Morgan fingerprint density at radius 2 is 1.23 bits per heavy atom. The molecule has 0 aliphatic carbocycles. The Bertz CT molecular complexity index is 2130. The second-order valence-electron chi connectivity index (χ2n) is 16.6. The van der Waals surface area contributed by atoms with Gasteiger partial charge in [-0.3, -0.25) is 15.3 Å². The van der Waals surface area contributed by atoms with Crippen molar-refractivity contribution in [3.8, 4) is 5.75 Å². The Hall–Kier alpha value is -4.73. The third kappa shape index (κ3) is 13.0. The zero-order valence-corrected chi connectivity index (χ0v) is 38.5. The predicted molar refractivity (Wildman–Crippen MR) is 214 cm³/mol. The molecule has 0 saturated carbocycles. The number of hydrogen-bond acceptors (Lipinski definition) is 6. The number of amides is 2. The van der Waals surface area contributed by atoms with Gasteiger partial charge in [-0.2, -0.15) is 74.6 Å². The van der Waals surface area contributed by atoms with E-state index in [-0.39, 0.29) is 5.75 Å². The lowest BCUT2D eigenvalue weighted by Gasteiger charge is -2.44. The van der Waals surface area contributed by atoms with Crippen LogP contribution in [0, 0.1) is 17.6 Å². The Morgan fingerprint density at radius 1 is 0.714 bits per heavy atom. The summed E-state index contributed by atoms with van der Waals surface area (Å²) >= 11 is 0. The summed E-state index contributed by atoms with van der Waals surface area (Å²) in [5.41, 5.74) is -0.0437. The van der Waals surface area contributed by atoms with E-state index in [1.165, 1.54) is 57.4 Å². The number of benzene rings is 2. The highest BCUT2D eigenvalue weighted by atomic mass is 28.4. The zero-order chi connectivity index (χ0) is 54.3. The molecule has 0 aliphatic rings. The number of rotatable bonds is 25. The van der Waals surface area contributed by atoms with Crippen molar-refractivity contribution in [3.63, 3.8) is 0 Å². The van der Waals surface area contributed by atoms with Crippen LogP contribution in [-0.4, -0.2) is 86.4 Å². The molecule has 0 fully saturated rings. The molecular formula is C42H47F19N2O6Si. The fourth-order valence-corrected chi connectivity index (χ4v) is 11.4. The van der Waals surface area contributed by atoms with E-state index in [1.54, 1.807) is 26.0 Å². The molecule has 2 aromatic carbocycles. The number of carbonyl (C=O) groups excluding carboxylic acids is 2. The molecule has 70 heavy (non-hydrogen) atoms. The standard InChI is InChI=1S/C42H47F19N2O6Si/c1-23(2)70(24(3)4,20-17-35(45,46)36(47,48)37(49,50)38(51,52)39(53,54)40(55,56)41(57,58)42(59,60)61)68-19-18-67-29-14-11-27(12-15-29)33(26(6)10-8-7-9-25(5)21-32(64)63-66)69-34(65)62-31-16-13-28(43)22-30(31)44/h7,9,11-16,21-24,26,33,66H,8,10,17-20H2,1-6H3,(H,62,65)(H,63,64)/b9-7+,25-21+/t26-,33+/m1/s1. The maximum Gasteiger partial charge on any atom is 0.460 e. The van der Waals surface area contributed by atoms with Crippen LogP contribution >= 0.6 is 0 Å². The van der Waals surface area contributed by atoms with Gasteiger partial charge in [-0.25, -0.2) is 19.1 Å². The number of allylic oxidation sites excluding steroid dienone is 3. The number of ether oxygens (including phenoxy) is 2. The lowest BCUT2D eigenvalue weighted by Crippen LogP contribution is -2.74. The Morgan fingerprint density at radius 3 is 1.71 bits per heavy atom. The van der Waals surface area contributed by atoms with Gasteiger partial charge in [-0.05, 0) is 78.2 Å². The maximum atomic E-state index is 15.0. The van der Waals surface area contributed by atoms with E-state index in [4.69, 9.17) is 19.1 Å². The minimum atomic E-state index is -8.72. The molecule has 3 N–H and O–H groups in total. The average molecular weight is 1060 g/mol. The molecule has 0 spiro atoms. The quantitative estimate of drug-likeness (QED) is 0.0174. The molecule has 2 amide bonds. The summed E-state index contributed by atoms with van der Waals surface area (Å²) in [7, 11) is -4.06. The molecule has 28 heteroatoms. The molecular weight excluding hydrogens is 1020 g/mol. The largest absolute Gasteiger partial charge is 0.491 e. The summed E-state index contributed by atoms with van der Waals surface area (Å²) in [5.74, 6) is -60.3. The van der Waals surface area contributed by atoms with E-state index < -0.39 is 134 Å². The van der Waals surface area contributed by atoms with Crippen LogP contribution in [0.15, 0.2) is 66.3 Å². The second-order valence-corrected chi connectivity index (χ2v) is 21.6. The summed E-state index contributed by atoms with van der Waals surface area (Å²) in [5, 5.41) is 10.8. The van der Waals surface area contributed by atoms with Gasteiger partial charge in [0.25, 0.3) is 5.91 Å². The summed E-state index contributed by atoms with van der Waals surface area (Å²) < 4.78 is 281. The van der Waals surface area contributed by atoms with Crippen LogP contribution in [0.2, 0.25) is 17.1 Å². The van der Waals surface area contributed by atoms with E-state index in [2.05, 4.69) is 5.32 Å². The van der Waals surface area contributed by atoms with Gasteiger partial charge < -0.3 is 13.9 Å². The first-order chi connectivity index (χ1) is 31.7. The molecule has 2 atom stereocenters. The fourth-order valence-electron chi connectivity index (χ4n) is 6.93. The van der Waals surface area contributed by atoms with Crippen LogP contribution in [0.25, 0.3) is 0 Å². The van der Waals surface area contributed by atoms with Gasteiger partial charge in [0.15, 0.2) is 8.32 Å². The van der Waals surface area contributed by atoms with Crippen LogP contribution in [0.5, 0.6) is 5.75 Å². The molecule has 0 heterocycles. The van der Waals surface area contributed by atoms with Crippen LogP contribution in [0.1, 0.15) is 72.5 Å². The lowest BCUT2D eigenvalue weighted by molar-refractivity contribution is -0.461. The van der Waals surface area contributed by atoms with Crippen molar-refractivity contribution in [2.45, 2.75) is 132 Å². The molecule has 0 aliphatic heterocycles. The van der Waals surface area contributed by atoms with Crippen molar-refractivity contribution in [2.75, 3.05) is 18.5 Å². The first-order valence-corrected chi connectivity index (χ1v) is 22.8. The molecule has 0 radical (unpaired) electrons. The highest BCUT2D eigenvalue weighted by molar-refractivity contribution is 6.76. The second kappa shape index (κ2) is 22.8. The van der Waals surface area contributed by atoms with Gasteiger partial charge in [0.1, 0.15) is 30.1 Å². The highest BCUT2D eigenvalue weighted by Crippen LogP contribution is 2.64.